The van der Waals surface area contributed by atoms with E-state index in [1.165, 1.54) is 35.2 Å². The van der Waals surface area contributed by atoms with Crippen LogP contribution in [0.3, 0.4) is 0 Å². The summed E-state index contributed by atoms with van der Waals surface area (Å²) < 4.78 is 51.0. The average molecular weight is 366 g/mol. The largest absolute Gasteiger partial charge is 0.416 e. The Morgan fingerprint density at radius 3 is 2.42 bits per heavy atom. The van der Waals surface area contributed by atoms with Gasteiger partial charge in [-0.25, -0.2) is 4.39 Å². The molecule has 0 radical (unpaired) electrons. The lowest BCUT2D eigenvalue weighted by Gasteiger charge is -2.17. The molecule has 1 fully saturated rings. The first-order valence-corrected chi connectivity index (χ1v) is 7.78. The zero-order chi connectivity index (χ0) is 18.9. The number of alkyl halides is 3. The number of anilines is 2. The molecule has 3 rings (SSSR count). The molecule has 8 heteroatoms. The summed E-state index contributed by atoms with van der Waals surface area (Å²) in [6.07, 6.45) is -4.52. The first kappa shape index (κ1) is 17.9. The molecule has 136 valence electrons. The molecule has 1 saturated heterocycles. The number of hydrogen-bond donors (Lipinski definition) is 1. The van der Waals surface area contributed by atoms with Crippen molar-refractivity contribution in [3.05, 3.63) is 59.9 Å². The molecule has 0 bridgehead atoms. The zero-order valence-electron chi connectivity index (χ0n) is 13.4. The SMILES string of the molecule is O=C(Nc1cccc(F)c1)C1CC(=O)N(c2ccc(C(F)(F)F)cc2)C1. The molecule has 0 saturated carbocycles. The van der Waals surface area contributed by atoms with E-state index in [1.807, 2.05) is 0 Å². The molecule has 1 heterocycles. The number of nitrogens with zero attached hydrogens (tertiary/aromatic N) is 1. The highest BCUT2D eigenvalue weighted by Crippen LogP contribution is 2.32. The van der Waals surface area contributed by atoms with Crippen molar-refractivity contribution in [1.29, 1.82) is 0 Å². The lowest BCUT2D eigenvalue weighted by atomic mass is 10.1. The smallest absolute Gasteiger partial charge is 0.326 e. The Balaban J connectivity index is 1.69. The zero-order valence-corrected chi connectivity index (χ0v) is 13.4. The third-order valence-electron chi connectivity index (χ3n) is 4.09. The van der Waals surface area contributed by atoms with Gasteiger partial charge in [0.05, 0.1) is 11.5 Å². The van der Waals surface area contributed by atoms with E-state index in [9.17, 15) is 27.2 Å². The molecule has 1 aliphatic rings. The van der Waals surface area contributed by atoms with Crippen molar-refractivity contribution in [2.75, 3.05) is 16.8 Å². The number of halogens is 4. The summed E-state index contributed by atoms with van der Waals surface area (Å²) in [7, 11) is 0. The average Bonchev–Trinajstić information content (AvgIpc) is 2.96. The van der Waals surface area contributed by atoms with Crippen LogP contribution < -0.4 is 10.2 Å². The highest BCUT2D eigenvalue weighted by atomic mass is 19.4. The second kappa shape index (κ2) is 6.78. The monoisotopic (exact) mass is 366 g/mol. The second-order valence-corrected chi connectivity index (χ2v) is 5.95. The van der Waals surface area contributed by atoms with Crippen molar-refractivity contribution in [3.63, 3.8) is 0 Å². The number of carbonyl (C=O) groups is 2. The van der Waals surface area contributed by atoms with Gasteiger partial charge in [-0.15, -0.1) is 0 Å². The maximum absolute atomic E-state index is 13.2. The number of carbonyl (C=O) groups excluding carboxylic acids is 2. The van der Waals surface area contributed by atoms with Gasteiger partial charge in [-0.3, -0.25) is 9.59 Å². The van der Waals surface area contributed by atoms with Crippen LogP contribution in [0.25, 0.3) is 0 Å². The molecule has 1 unspecified atom stereocenters. The van der Waals surface area contributed by atoms with Crippen molar-refractivity contribution < 1.29 is 27.2 Å². The Bertz CT molecular complexity index is 834. The Labute approximate surface area is 146 Å². The molecule has 4 nitrogen and oxygen atoms in total. The van der Waals surface area contributed by atoms with Crippen molar-refractivity contribution in [1.82, 2.24) is 0 Å². The van der Waals surface area contributed by atoms with Gasteiger partial charge in [-0.1, -0.05) is 6.07 Å². The molecular formula is C18H14F4N2O2. The maximum Gasteiger partial charge on any atom is 0.416 e. The minimum Gasteiger partial charge on any atom is -0.326 e. The van der Waals surface area contributed by atoms with Gasteiger partial charge in [-0.2, -0.15) is 13.2 Å². The van der Waals surface area contributed by atoms with Gasteiger partial charge in [0.1, 0.15) is 5.82 Å². The van der Waals surface area contributed by atoms with Crippen LogP contribution in [-0.2, 0) is 15.8 Å². The van der Waals surface area contributed by atoms with E-state index in [-0.39, 0.29) is 24.6 Å². The standard InChI is InChI=1S/C18H14F4N2O2/c19-13-2-1-3-14(9-13)23-17(26)11-8-16(25)24(10-11)15-6-4-12(5-7-15)18(20,21)22/h1-7,9,11H,8,10H2,(H,23,26). The lowest BCUT2D eigenvalue weighted by molar-refractivity contribution is -0.137. The van der Waals surface area contributed by atoms with Gasteiger partial charge >= 0.3 is 6.18 Å². The molecule has 1 aliphatic heterocycles. The number of amides is 2. The molecule has 0 aromatic heterocycles. The van der Waals surface area contributed by atoms with Crippen LogP contribution in [0, 0.1) is 11.7 Å². The molecule has 2 aromatic rings. The van der Waals surface area contributed by atoms with Crippen LogP contribution in [0.2, 0.25) is 0 Å². The number of hydrogen-bond acceptors (Lipinski definition) is 2. The molecule has 1 N–H and O–H groups in total. The van der Waals surface area contributed by atoms with E-state index in [0.29, 0.717) is 5.69 Å². The summed E-state index contributed by atoms with van der Waals surface area (Å²) in [5, 5.41) is 2.54. The molecule has 0 aliphatic carbocycles. The van der Waals surface area contributed by atoms with Gasteiger partial charge in [0, 0.05) is 24.3 Å². The van der Waals surface area contributed by atoms with Gasteiger partial charge < -0.3 is 10.2 Å². The number of rotatable bonds is 3. The van der Waals surface area contributed by atoms with E-state index in [2.05, 4.69) is 5.32 Å². The van der Waals surface area contributed by atoms with Crippen LogP contribution in [0.1, 0.15) is 12.0 Å². The third kappa shape index (κ3) is 3.84. The Morgan fingerprint density at radius 2 is 1.81 bits per heavy atom. The molecule has 2 amide bonds. The predicted octanol–water partition coefficient (Wildman–Crippen LogP) is 3.84. The van der Waals surface area contributed by atoms with Crippen LogP contribution in [0.15, 0.2) is 48.5 Å². The molecule has 1 atom stereocenters. The summed E-state index contributed by atoms with van der Waals surface area (Å²) in [5.41, 5.74) is -0.243. The van der Waals surface area contributed by atoms with Crippen molar-refractivity contribution in [3.8, 4) is 0 Å². The minimum atomic E-state index is -4.46. The summed E-state index contributed by atoms with van der Waals surface area (Å²) in [6.45, 7) is 0.0470. The van der Waals surface area contributed by atoms with Crippen LogP contribution >= 0.6 is 0 Å². The van der Waals surface area contributed by atoms with E-state index < -0.39 is 29.4 Å². The summed E-state index contributed by atoms with van der Waals surface area (Å²) in [4.78, 5) is 25.7. The highest BCUT2D eigenvalue weighted by Gasteiger charge is 2.36. The van der Waals surface area contributed by atoms with E-state index in [1.54, 1.807) is 0 Å². The van der Waals surface area contributed by atoms with Crippen molar-refractivity contribution >= 4 is 23.2 Å². The fraction of sp³-hybridized carbons (Fsp3) is 0.222. The molecular weight excluding hydrogens is 352 g/mol. The Morgan fingerprint density at radius 1 is 1.12 bits per heavy atom. The molecule has 0 spiro atoms. The second-order valence-electron chi connectivity index (χ2n) is 5.95. The number of benzene rings is 2. The summed E-state index contributed by atoms with van der Waals surface area (Å²) >= 11 is 0. The molecule has 2 aromatic carbocycles. The van der Waals surface area contributed by atoms with Crippen molar-refractivity contribution in [2.45, 2.75) is 12.6 Å². The topological polar surface area (TPSA) is 49.4 Å². The summed E-state index contributed by atoms with van der Waals surface area (Å²) in [6, 6.07) is 9.54. The van der Waals surface area contributed by atoms with Crippen LogP contribution in [0.5, 0.6) is 0 Å². The van der Waals surface area contributed by atoms with Gasteiger partial charge in [0.15, 0.2) is 0 Å². The molecule has 26 heavy (non-hydrogen) atoms. The maximum atomic E-state index is 13.2. The Kier molecular flexibility index (Phi) is 4.67. The summed E-state index contributed by atoms with van der Waals surface area (Å²) in [5.74, 6) is -1.98. The fourth-order valence-electron chi connectivity index (χ4n) is 2.77. The minimum absolute atomic E-state index is 0.0470. The predicted molar refractivity (Wildman–Crippen MR) is 86.9 cm³/mol. The van der Waals surface area contributed by atoms with E-state index in [4.69, 9.17) is 0 Å². The van der Waals surface area contributed by atoms with E-state index >= 15 is 0 Å². The third-order valence-corrected chi connectivity index (χ3v) is 4.09. The number of nitrogens with one attached hydrogen (secondary N) is 1. The normalized spacial score (nSPS) is 17.5. The van der Waals surface area contributed by atoms with Gasteiger partial charge in [0.2, 0.25) is 11.8 Å². The van der Waals surface area contributed by atoms with Crippen LogP contribution in [0.4, 0.5) is 28.9 Å². The highest BCUT2D eigenvalue weighted by molar-refractivity contribution is 6.03. The van der Waals surface area contributed by atoms with Crippen LogP contribution in [-0.4, -0.2) is 18.4 Å². The Hall–Kier alpha value is -2.90. The first-order chi connectivity index (χ1) is 12.2. The van der Waals surface area contributed by atoms with E-state index in [0.717, 1.165) is 18.2 Å². The first-order valence-electron chi connectivity index (χ1n) is 7.78. The van der Waals surface area contributed by atoms with Gasteiger partial charge in [-0.05, 0) is 42.5 Å². The van der Waals surface area contributed by atoms with Gasteiger partial charge in [0.25, 0.3) is 0 Å². The quantitative estimate of drug-likeness (QED) is 0.840. The van der Waals surface area contributed by atoms with Crippen molar-refractivity contribution in [2.24, 2.45) is 5.92 Å². The fourth-order valence-corrected chi connectivity index (χ4v) is 2.77. The lowest BCUT2D eigenvalue weighted by Crippen LogP contribution is -2.28.